The van der Waals surface area contributed by atoms with Gasteiger partial charge in [0.1, 0.15) is 86.6 Å². The fraction of sp³-hybridized carbons (Fsp3) is 0.753. The molecule has 0 unspecified atom stereocenters. The molecule has 22 N–H and O–H groups in total. The molecule has 1 aliphatic heterocycles. The molecule has 1 rings (SSSR count). The Bertz CT molecular complexity index is 3820. The number of primary amides is 2. The molecular weight excluding hydrogens is 1590 g/mol. The van der Waals surface area contributed by atoms with Gasteiger partial charge in [-0.15, -0.1) is 0 Å². The Balaban J connectivity index is 3.22. The molecule has 0 bridgehead atoms. The monoisotopic (exact) mass is 1730 g/mol. The molecule has 0 aliphatic carbocycles. The third-order valence-corrected chi connectivity index (χ3v) is 20.5. The summed E-state index contributed by atoms with van der Waals surface area (Å²) in [6.45, 7) is 37.0. The Morgan fingerprint density at radius 3 is 1.24 bits per heavy atom. The Kier molecular flexibility index (Phi) is 41.7. The lowest BCUT2D eigenvalue weighted by molar-refractivity contribution is -0.146. The Morgan fingerprint density at radius 1 is 0.393 bits per heavy atom. The molecule has 0 saturated carbocycles. The summed E-state index contributed by atoms with van der Waals surface area (Å²) in [6, 6.07) is -9.86. The van der Waals surface area contributed by atoms with Gasteiger partial charge in [0.05, 0.1) is 25.7 Å². The van der Waals surface area contributed by atoms with Gasteiger partial charge in [0.2, 0.25) is 118 Å². The molecule has 692 valence electrons. The van der Waals surface area contributed by atoms with Crippen molar-refractivity contribution >= 4 is 118 Å². The highest BCUT2D eigenvalue weighted by Crippen LogP contribution is 2.25. The van der Waals surface area contributed by atoms with E-state index < -0.39 is 249 Å². The van der Waals surface area contributed by atoms with Gasteiger partial charge < -0.3 is 112 Å². The molecule has 0 aromatic heterocycles. The van der Waals surface area contributed by atoms with Crippen LogP contribution in [0.1, 0.15) is 251 Å². The molecule has 1 aliphatic rings. The maximum atomic E-state index is 14.4. The number of likely N-dealkylation sites (tertiary alicyclic amines) is 1. The minimum atomic E-state index is -1.85. The highest BCUT2D eigenvalue weighted by Gasteiger charge is 2.48. The summed E-state index contributed by atoms with van der Waals surface area (Å²) in [6.07, 6.45) is -0.536. The highest BCUT2D eigenvalue weighted by atomic mass is 16.3. The number of carbonyl (C=O) groups is 20. The number of nitrogens with one attached hydrogen (secondary N) is 17. The van der Waals surface area contributed by atoms with Crippen LogP contribution < -0.4 is 102 Å². The molecule has 41 nitrogen and oxygen atoms in total. The average molecular weight is 1730 g/mol. The number of aliphatic hydroxyl groups is 1. The SMILES string of the molecule is CC[C@@](C)(NC(=O)[C@@H](CC(C)C)NC(=O)[C@@H](C)NC(=O)CNC(=O)C(C)(C)NC(C)=O)C(=O)N[C@H](CCC(N)=O)C(=O)N[C@](C)(CC)C(=O)N[C@@H](C(=O)NC(C)(C)C(=O)NCC(=O)NC(C)(C)C(=O)NC(C)(C)C(=O)N1CCC[C@H]1C(=O)N[C@H](CC(C)C)C(=O)NC(C)(C)C(=O)NC(C)(C)C(=O)N[C@H](CCC(N)=O)C(=O)N[C@@H](CO)CC(C)C)C(C)C. The van der Waals surface area contributed by atoms with Crippen LogP contribution in [-0.2, 0) is 95.9 Å². The molecule has 1 fully saturated rings. The standard InChI is InChI=1S/C81H142N20O21/c1-27-80(25,98-63(112)52(38-44(7)8)88-59(108)46(11)86-56(106)39-84-66(115)74(13,14)93-47(12)103)71(120)91-50(32-34-55(83)105)61(110)97-81(26,28-2)72(121)92-58(45(9)10)65(114)96-75(15,16)67(116)85-40-57(107)94-77(19,20)69(118)100-79(23,24)73(122)101-35-29-30-53(101)64(113)89-51(37-43(5)6)62(111)95-78(21,22)70(119)99-76(17,18)68(117)90-49(31-33-54(82)104)60(109)87-48(41-102)36-42(3)4/h42-46,48-53,58,102H,27-41H2,1-26H3,(H2,82,104)(H2,83,105)(H,84,115)(H,85,116)(H,86,106)(H,87,109)(H,88,108)(H,89,113)(H,90,117)(H,91,120)(H,92,121)(H,93,103)(H,94,107)(H,95,111)(H,96,114)(H,97,110)(H,98,112)(H,99,119)(H,100,118)/t46-,48-,49-,50-,51-,52-,53+,58-,80-,81-/m1/s1. The second kappa shape index (κ2) is 46.6. The van der Waals surface area contributed by atoms with Crippen LogP contribution in [0.2, 0.25) is 0 Å². The smallest absolute Gasteiger partial charge is 0.248 e. The van der Waals surface area contributed by atoms with Crippen LogP contribution in [0, 0.1) is 23.7 Å². The quantitative estimate of drug-likeness (QED) is 0.0287. The Hall–Kier alpha value is -10.6. The zero-order chi connectivity index (χ0) is 94.7. The summed E-state index contributed by atoms with van der Waals surface area (Å²) >= 11 is 0. The number of rotatable bonds is 50. The number of aliphatic hydroxyl groups excluding tert-OH is 1. The molecule has 0 radical (unpaired) electrons. The van der Waals surface area contributed by atoms with Gasteiger partial charge in [-0.1, -0.05) is 69.2 Å². The summed E-state index contributed by atoms with van der Waals surface area (Å²) in [5.41, 5.74) is -2.97. The van der Waals surface area contributed by atoms with Crippen molar-refractivity contribution in [3.63, 3.8) is 0 Å². The Morgan fingerprint density at radius 2 is 0.787 bits per heavy atom. The Labute approximate surface area is 716 Å². The molecule has 0 aromatic carbocycles. The van der Waals surface area contributed by atoms with Crippen molar-refractivity contribution in [2.75, 3.05) is 26.2 Å². The third kappa shape index (κ3) is 35.1. The zero-order valence-electron chi connectivity index (χ0n) is 76.2. The molecule has 41 heteroatoms. The second-order valence-electron chi connectivity index (χ2n) is 36.7. The van der Waals surface area contributed by atoms with Gasteiger partial charge in [-0.25, -0.2) is 0 Å². The number of carbonyl (C=O) groups excluding carboxylic acids is 20. The van der Waals surface area contributed by atoms with Crippen molar-refractivity contribution in [3.05, 3.63) is 0 Å². The van der Waals surface area contributed by atoms with Crippen molar-refractivity contribution in [1.29, 1.82) is 0 Å². The van der Waals surface area contributed by atoms with Gasteiger partial charge in [0.25, 0.3) is 0 Å². The van der Waals surface area contributed by atoms with E-state index in [4.69, 9.17) is 11.5 Å². The van der Waals surface area contributed by atoms with Crippen LogP contribution in [0.3, 0.4) is 0 Å². The van der Waals surface area contributed by atoms with E-state index in [9.17, 15) is 101 Å². The van der Waals surface area contributed by atoms with Crippen molar-refractivity contribution in [1.82, 2.24) is 95.3 Å². The van der Waals surface area contributed by atoms with E-state index in [1.165, 1.54) is 123 Å². The number of amides is 20. The lowest BCUT2D eigenvalue weighted by Gasteiger charge is -2.36. The van der Waals surface area contributed by atoms with Crippen molar-refractivity contribution in [3.8, 4) is 0 Å². The van der Waals surface area contributed by atoms with Crippen LogP contribution in [0.4, 0.5) is 0 Å². The topological polar surface area (TPSA) is 621 Å². The highest BCUT2D eigenvalue weighted by molar-refractivity contribution is 6.04. The summed E-state index contributed by atoms with van der Waals surface area (Å²) in [7, 11) is 0. The molecule has 122 heavy (non-hydrogen) atoms. The maximum absolute atomic E-state index is 14.4. The number of nitrogens with zero attached hydrogens (tertiary/aromatic N) is 1. The normalized spacial score (nSPS) is 16.0. The average Bonchev–Trinajstić information content (AvgIpc) is 1.56. The minimum Gasteiger partial charge on any atom is -0.394 e. The first kappa shape index (κ1) is 109. The van der Waals surface area contributed by atoms with Crippen molar-refractivity contribution in [2.24, 2.45) is 35.1 Å². The van der Waals surface area contributed by atoms with Crippen LogP contribution >= 0.6 is 0 Å². The number of hydrogen-bond acceptors (Lipinski definition) is 21. The van der Waals surface area contributed by atoms with Gasteiger partial charge in [-0.05, 0) is 185 Å². The van der Waals surface area contributed by atoms with Crippen LogP contribution in [0.15, 0.2) is 0 Å². The lowest BCUT2D eigenvalue weighted by atomic mass is 9.93. The largest absolute Gasteiger partial charge is 0.394 e. The van der Waals surface area contributed by atoms with Gasteiger partial charge in [0, 0.05) is 26.3 Å². The van der Waals surface area contributed by atoms with Crippen LogP contribution in [-0.4, -0.2) is 247 Å². The predicted molar refractivity (Wildman–Crippen MR) is 450 cm³/mol. The van der Waals surface area contributed by atoms with Crippen molar-refractivity contribution < 1.29 is 101 Å². The van der Waals surface area contributed by atoms with E-state index in [0.717, 1.165) is 0 Å². The first-order valence-corrected chi connectivity index (χ1v) is 41.4. The summed E-state index contributed by atoms with van der Waals surface area (Å²) in [4.78, 5) is 272. The predicted octanol–water partition coefficient (Wildman–Crippen LogP) is -3.10. The van der Waals surface area contributed by atoms with Crippen LogP contribution in [0.25, 0.3) is 0 Å². The molecule has 1 heterocycles. The number of nitrogens with two attached hydrogens (primary N) is 2. The zero-order valence-corrected chi connectivity index (χ0v) is 76.2. The van der Waals surface area contributed by atoms with E-state index in [1.807, 2.05) is 13.8 Å². The maximum Gasteiger partial charge on any atom is 0.248 e. The third-order valence-electron chi connectivity index (χ3n) is 20.5. The van der Waals surface area contributed by atoms with Crippen LogP contribution in [0.5, 0.6) is 0 Å². The van der Waals surface area contributed by atoms with Gasteiger partial charge in [0.15, 0.2) is 0 Å². The van der Waals surface area contributed by atoms with E-state index in [0.29, 0.717) is 12.8 Å². The van der Waals surface area contributed by atoms with Gasteiger partial charge in [-0.2, -0.15) is 0 Å². The van der Waals surface area contributed by atoms with E-state index in [-0.39, 0.29) is 69.2 Å². The second-order valence-corrected chi connectivity index (χ2v) is 36.7. The van der Waals surface area contributed by atoms with E-state index in [1.54, 1.807) is 48.5 Å². The molecule has 20 amide bonds. The first-order valence-electron chi connectivity index (χ1n) is 41.4. The fourth-order valence-corrected chi connectivity index (χ4v) is 12.5. The lowest BCUT2D eigenvalue weighted by Crippen LogP contribution is -2.66. The van der Waals surface area contributed by atoms with Gasteiger partial charge >= 0.3 is 0 Å². The summed E-state index contributed by atoms with van der Waals surface area (Å²) in [5, 5.41) is 53.6. The molecule has 10 atom stereocenters. The van der Waals surface area contributed by atoms with Gasteiger partial charge in [-0.3, -0.25) is 95.9 Å². The molecular formula is C81H142N20O21. The summed E-state index contributed by atoms with van der Waals surface area (Å²) in [5.74, 6) is -17.1. The van der Waals surface area contributed by atoms with E-state index >= 15 is 0 Å². The summed E-state index contributed by atoms with van der Waals surface area (Å²) < 4.78 is 0. The molecule has 0 aromatic rings. The number of hydrogen-bond donors (Lipinski definition) is 20. The fourth-order valence-electron chi connectivity index (χ4n) is 12.5. The molecule has 0 spiro atoms. The first-order chi connectivity index (χ1) is 55.7. The minimum absolute atomic E-state index is 0.0450. The van der Waals surface area contributed by atoms with E-state index in [2.05, 4.69) is 90.4 Å². The van der Waals surface area contributed by atoms with Crippen molar-refractivity contribution in [2.45, 2.75) is 343 Å². The molecule has 1 saturated heterocycles.